The summed E-state index contributed by atoms with van der Waals surface area (Å²) in [5.74, 6) is 0.261. The Hall–Kier alpha value is -2.93. The SMILES string of the molecule is CC(CC(=O)N1CCC(O)(Cn2cnc3cc[nH]c3c2=O)CC1)c1ccccc1. The number of likely N-dealkylation sites (tertiary alicyclic amines) is 1. The van der Waals surface area contributed by atoms with E-state index in [1.54, 1.807) is 12.3 Å². The molecule has 152 valence electrons. The molecule has 4 rings (SSSR count). The molecule has 1 aliphatic heterocycles. The molecule has 3 aromatic rings. The number of aromatic nitrogens is 3. The summed E-state index contributed by atoms with van der Waals surface area (Å²) < 4.78 is 1.45. The molecule has 29 heavy (non-hydrogen) atoms. The summed E-state index contributed by atoms with van der Waals surface area (Å²) in [7, 11) is 0. The first-order chi connectivity index (χ1) is 14.0. The lowest BCUT2D eigenvalue weighted by atomic mass is 9.90. The standard InChI is InChI=1S/C22H26N4O3/c1-16(17-5-3-2-4-6-17)13-19(27)25-11-8-22(29,9-12-25)14-26-15-24-18-7-10-23-20(18)21(26)28/h2-7,10,15-16,23,29H,8-9,11-14H2,1H3. The Bertz CT molecular complexity index is 1050. The molecule has 2 N–H and O–H groups in total. The highest BCUT2D eigenvalue weighted by molar-refractivity contribution is 5.77. The lowest BCUT2D eigenvalue weighted by Gasteiger charge is -2.38. The summed E-state index contributed by atoms with van der Waals surface area (Å²) in [6.45, 7) is 3.22. The van der Waals surface area contributed by atoms with Crippen LogP contribution >= 0.6 is 0 Å². The normalized spacial score (nSPS) is 17.4. The molecule has 1 fully saturated rings. The molecule has 1 amide bonds. The molecule has 1 atom stereocenters. The Labute approximate surface area is 169 Å². The van der Waals surface area contributed by atoms with E-state index >= 15 is 0 Å². The fourth-order valence-electron chi connectivity index (χ4n) is 4.02. The summed E-state index contributed by atoms with van der Waals surface area (Å²) in [5.41, 5.74) is 1.00. The minimum atomic E-state index is -1.02. The maximum absolute atomic E-state index is 12.7. The number of hydrogen-bond acceptors (Lipinski definition) is 4. The van der Waals surface area contributed by atoms with Crippen molar-refractivity contribution in [1.29, 1.82) is 0 Å². The van der Waals surface area contributed by atoms with Crippen LogP contribution in [0.25, 0.3) is 11.0 Å². The molecule has 2 aromatic heterocycles. The van der Waals surface area contributed by atoms with Gasteiger partial charge in [-0.05, 0) is 30.4 Å². The van der Waals surface area contributed by atoms with Gasteiger partial charge in [-0.15, -0.1) is 0 Å². The Morgan fingerprint density at radius 3 is 2.69 bits per heavy atom. The van der Waals surface area contributed by atoms with E-state index < -0.39 is 5.60 Å². The Morgan fingerprint density at radius 2 is 1.97 bits per heavy atom. The molecule has 0 bridgehead atoms. The number of aromatic amines is 1. The molecule has 0 saturated carbocycles. The lowest BCUT2D eigenvalue weighted by Crippen LogP contribution is -2.49. The molecule has 3 heterocycles. The van der Waals surface area contributed by atoms with Gasteiger partial charge in [0.15, 0.2) is 0 Å². The number of carbonyl (C=O) groups excluding carboxylic acids is 1. The molecule has 0 aliphatic carbocycles. The van der Waals surface area contributed by atoms with Gasteiger partial charge in [-0.25, -0.2) is 4.98 Å². The van der Waals surface area contributed by atoms with Crippen LogP contribution in [0.5, 0.6) is 0 Å². The zero-order valence-electron chi connectivity index (χ0n) is 16.5. The van der Waals surface area contributed by atoms with Crippen molar-refractivity contribution < 1.29 is 9.90 Å². The molecular weight excluding hydrogens is 368 g/mol. The van der Waals surface area contributed by atoms with Crippen molar-refractivity contribution in [1.82, 2.24) is 19.4 Å². The number of amides is 1. The molecule has 0 spiro atoms. The van der Waals surface area contributed by atoms with E-state index in [9.17, 15) is 14.7 Å². The van der Waals surface area contributed by atoms with Gasteiger partial charge in [-0.1, -0.05) is 37.3 Å². The fourth-order valence-corrected chi connectivity index (χ4v) is 4.02. The molecule has 1 aliphatic rings. The lowest BCUT2D eigenvalue weighted by molar-refractivity contribution is -0.136. The van der Waals surface area contributed by atoms with Crippen LogP contribution in [-0.2, 0) is 11.3 Å². The van der Waals surface area contributed by atoms with Crippen molar-refractivity contribution in [3.8, 4) is 0 Å². The summed E-state index contributed by atoms with van der Waals surface area (Å²) in [5, 5.41) is 11.0. The quantitative estimate of drug-likeness (QED) is 0.695. The van der Waals surface area contributed by atoms with Crippen LogP contribution in [0, 0.1) is 0 Å². The van der Waals surface area contributed by atoms with Crippen LogP contribution in [0.4, 0.5) is 0 Å². The number of aliphatic hydroxyl groups is 1. The number of piperidine rings is 1. The molecule has 7 heteroatoms. The second kappa shape index (κ2) is 7.83. The molecule has 1 unspecified atom stereocenters. The van der Waals surface area contributed by atoms with Crippen molar-refractivity contribution in [2.45, 2.75) is 44.2 Å². The number of hydrogen-bond donors (Lipinski definition) is 2. The smallest absolute Gasteiger partial charge is 0.277 e. The van der Waals surface area contributed by atoms with Gasteiger partial charge in [0.1, 0.15) is 5.52 Å². The van der Waals surface area contributed by atoms with E-state index in [2.05, 4.69) is 16.9 Å². The van der Waals surface area contributed by atoms with E-state index in [1.807, 2.05) is 35.2 Å². The number of fused-ring (bicyclic) bond motifs is 1. The summed E-state index contributed by atoms with van der Waals surface area (Å²) in [4.78, 5) is 34.2. The predicted octanol–water partition coefficient (Wildman–Crippen LogP) is 2.27. The number of benzene rings is 1. The van der Waals surface area contributed by atoms with Crippen molar-refractivity contribution in [3.05, 3.63) is 64.8 Å². The monoisotopic (exact) mass is 394 g/mol. The second-order valence-corrected chi connectivity index (χ2v) is 8.04. The first kappa shape index (κ1) is 19.4. The van der Waals surface area contributed by atoms with Crippen molar-refractivity contribution in [2.75, 3.05) is 13.1 Å². The van der Waals surface area contributed by atoms with Crippen LogP contribution in [0.3, 0.4) is 0 Å². The Balaban J connectivity index is 1.37. The van der Waals surface area contributed by atoms with Crippen LogP contribution in [0.2, 0.25) is 0 Å². The van der Waals surface area contributed by atoms with E-state index in [0.717, 1.165) is 5.56 Å². The van der Waals surface area contributed by atoms with Crippen LogP contribution < -0.4 is 5.56 Å². The van der Waals surface area contributed by atoms with Gasteiger partial charge in [0, 0.05) is 25.7 Å². The maximum Gasteiger partial charge on any atom is 0.277 e. The van der Waals surface area contributed by atoms with Crippen molar-refractivity contribution >= 4 is 16.9 Å². The topological polar surface area (TPSA) is 91.2 Å². The van der Waals surface area contributed by atoms with E-state index in [-0.39, 0.29) is 23.9 Å². The highest BCUT2D eigenvalue weighted by Crippen LogP contribution is 2.26. The summed E-state index contributed by atoms with van der Waals surface area (Å²) >= 11 is 0. The van der Waals surface area contributed by atoms with Gasteiger partial charge in [-0.3, -0.25) is 14.2 Å². The highest BCUT2D eigenvalue weighted by atomic mass is 16.3. The van der Waals surface area contributed by atoms with Gasteiger partial charge in [0.25, 0.3) is 5.56 Å². The average molecular weight is 394 g/mol. The number of rotatable bonds is 5. The minimum Gasteiger partial charge on any atom is -0.388 e. The van der Waals surface area contributed by atoms with Crippen LogP contribution in [0.15, 0.2) is 53.7 Å². The molecule has 1 saturated heterocycles. The van der Waals surface area contributed by atoms with Gasteiger partial charge >= 0.3 is 0 Å². The predicted molar refractivity (Wildman–Crippen MR) is 111 cm³/mol. The van der Waals surface area contributed by atoms with Gasteiger partial charge in [0.2, 0.25) is 5.91 Å². The van der Waals surface area contributed by atoms with Crippen LogP contribution in [-0.4, -0.2) is 49.1 Å². The molecule has 0 radical (unpaired) electrons. The Morgan fingerprint density at radius 1 is 1.24 bits per heavy atom. The minimum absolute atomic E-state index is 0.107. The van der Waals surface area contributed by atoms with Gasteiger partial charge in [-0.2, -0.15) is 0 Å². The zero-order valence-corrected chi connectivity index (χ0v) is 16.5. The van der Waals surface area contributed by atoms with Crippen LogP contribution in [0.1, 0.15) is 37.7 Å². The summed E-state index contributed by atoms with van der Waals surface area (Å²) in [6.07, 6.45) is 4.49. The number of H-pyrrole nitrogens is 1. The third-order valence-corrected chi connectivity index (χ3v) is 5.90. The first-order valence-corrected chi connectivity index (χ1v) is 10.0. The third-order valence-electron chi connectivity index (χ3n) is 5.90. The highest BCUT2D eigenvalue weighted by Gasteiger charge is 2.35. The molecular formula is C22H26N4O3. The fraction of sp³-hybridized carbons (Fsp3) is 0.409. The third kappa shape index (κ3) is 4.10. The number of nitrogens with one attached hydrogen (secondary N) is 1. The number of nitrogens with zero attached hydrogens (tertiary/aromatic N) is 3. The summed E-state index contributed by atoms with van der Waals surface area (Å²) in [6, 6.07) is 11.8. The van der Waals surface area contributed by atoms with Gasteiger partial charge < -0.3 is 15.0 Å². The second-order valence-electron chi connectivity index (χ2n) is 8.04. The van der Waals surface area contributed by atoms with E-state index in [0.29, 0.717) is 43.4 Å². The van der Waals surface area contributed by atoms with Crippen molar-refractivity contribution in [2.24, 2.45) is 0 Å². The average Bonchev–Trinajstić information content (AvgIpc) is 3.21. The van der Waals surface area contributed by atoms with E-state index in [1.165, 1.54) is 10.9 Å². The van der Waals surface area contributed by atoms with E-state index in [4.69, 9.17) is 0 Å². The molecule has 7 nitrogen and oxygen atoms in total. The maximum atomic E-state index is 12.7. The first-order valence-electron chi connectivity index (χ1n) is 10.0. The largest absolute Gasteiger partial charge is 0.388 e. The molecule has 1 aromatic carbocycles. The van der Waals surface area contributed by atoms with Crippen molar-refractivity contribution in [3.63, 3.8) is 0 Å². The Kier molecular flexibility index (Phi) is 5.24. The number of carbonyl (C=O) groups is 1. The zero-order chi connectivity index (χ0) is 20.4. The van der Waals surface area contributed by atoms with Gasteiger partial charge in [0.05, 0.1) is 24.0 Å².